The molecule has 7 nitrogen and oxygen atoms in total. The van der Waals surface area contributed by atoms with Crippen molar-refractivity contribution in [3.63, 3.8) is 0 Å². The van der Waals surface area contributed by atoms with Gasteiger partial charge in [-0.05, 0) is 39.2 Å². The van der Waals surface area contributed by atoms with Gasteiger partial charge in [0.05, 0.1) is 0 Å². The molecule has 2 fully saturated rings. The monoisotopic (exact) mass is 349 g/mol. The molecule has 2 saturated heterocycles. The number of likely N-dealkylation sites (tertiary alicyclic amines) is 1. The minimum absolute atomic E-state index is 0.111. The van der Waals surface area contributed by atoms with E-state index in [0.717, 1.165) is 65.0 Å². The Hall–Kier alpha value is -1.47. The lowest BCUT2D eigenvalue weighted by Gasteiger charge is -2.42. The number of rotatable bonds is 5. The molecule has 1 aromatic rings. The Morgan fingerprint density at radius 1 is 1.16 bits per heavy atom. The lowest BCUT2D eigenvalue weighted by Crippen LogP contribution is -2.52. The van der Waals surface area contributed by atoms with Gasteiger partial charge in [-0.3, -0.25) is 9.69 Å². The lowest BCUT2D eigenvalue weighted by atomic mass is 9.89. The van der Waals surface area contributed by atoms with Crippen LogP contribution in [-0.2, 0) is 6.42 Å². The highest BCUT2D eigenvalue weighted by Crippen LogP contribution is 2.25. The Balaban J connectivity index is 1.50. The first-order chi connectivity index (χ1) is 12.1. The molecule has 0 bridgehead atoms. The molecule has 2 aliphatic rings. The van der Waals surface area contributed by atoms with Crippen molar-refractivity contribution in [2.75, 3.05) is 46.3 Å². The minimum atomic E-state index is -0.111. The van der Waals surface area contributed by atoms with Gasteiger partial charge < -0.3 is 14.2 Å². The average Bonchev–Trinajstić information content (AvgIpc) is 3.10. The van der Waals surface area contributed by atoms with E-state index in [-0.39, 0.29) is 11.8 Å². The van der Waals surface area contributed by atoms with E-state index in [1.165, 1.54) is 0 Å². The zero-order chi connectivity index (χ0) is 17.8. The van der Waals surface area contributed by atoms with Gasteiger partial charge in [-0.15, -0.1) is 10.2 Å². The summed E-state index contributed by atoms with van der Waals surface area (Å²) in [5.74, 6) is 1.25. The van der Waals surface area contributed by atoms with Gasteiger partial charge in [0, 0.05) is 51.7 Å². The topological polar surface area (TPSA) is 65.7 Å². The van der Waals surface area contributed by atoms with Crippen molar-refractivity contribution in [3.8, 4) is 0 Å². The molecule has 0 aliphatic carbocycles. The summed E-state index contributed by atoms with van der Waals surface area (Å²) in [6, 6.07) is 0.588. The SMILES string of the molecule is CCCc1nnc(C(=O)N2CCC([C@@H](C)N3CCN(C)CC3)CC2)o1. The molecule has 0 unspecified atom stereocenters. The zero-order valence-corrected chi connectivity index (χ0v) is 15.8. The Morgan fingerprint density at radius 3 is 2.48 bits per heavy atom. The standard InChI is InChI=1S/C18H31N5O2/c1-4-5-16-19-20-17(25-16)18(24)23-8-6-15(7-9-23)14(2)22-12-10-21(3)11-13-22/h14-15H,4-13H2,1-3H3/t14-/m1/s1. The first-order valence-corrected chi connectivity index (χ1v) is 9.62. The van der Waals surface area contributed by atoms with E-state index < -0.39 is 0 Å². The number of piperidine rings is 1. The fraction of sp³-hybridized carbons (Fsp3) is 0.833. The predicted octanol–water partition coefficient (Wildman–Crippen LogP) is 1.51. The van der Waals surface area contributed by atoms with Gasteiger partial charge in [0.1, 0.15) is 0 Å². The summed E-state index contributed by atoms with van der Waals surface area (Å²) in [5, 5.41) is 7.88. The molecule has 2 aliphatic heterocycles. The van der Waals surface area contributed by atoms with Gasteiger partial charge in [0.2, 0.25) is 5.89 Å². The van der Waals surface area contributed by atoms with Crippen LogP contribution in [0, 0.1) is 5.92 Å². The molecule has 1 amide bonds. The smallest absolute Gasteiger partial charge is 0.311 e. The third kappa shape index (κ3) is 4.39. The zero-order valence-electron chi connectivity index (χ0n) is 15.8. The first kappa shape index (κ1) is 18.3. The number of carbonyl (C=O) groups is 1. The van der Waals surface area contributed by atoms with Crippen LogP contribution in [0.15, 0.2) is 4.42 Å². The second-order valence-electron chi connectivity index (χ2n) is 7.46. The Kier molecular flexibility index (Phi) is 6.06. The number of nitrogens with zero attached hydrogens (tertiary/aromatic N) is 5. The molecule has 1 atom stereocenters. The van der Waals surface area contributed by atoms with Crippen LogP contribution in [0.2, 0.25) is 0 Å². The highest BCUT2D eigenvalue weighted by atomic mass is 16.4. The average molecular weight is 349 g/mol. The van der Waals surface area contributed by atoms with Crippen molar-refractivity contribution in [2.45, 2.75) is 45.6 Å². The molecule has 3 heterocycles. The number of piperazine rings is 1. The fourth-order valence-electron chi connectivity index (χ4n) is 3.90. The molecule has 3 rings (SSSR count). The van der Waals surface area contributed by atoms with E-state index in [2.05, 4.69) is 40.9 Å². The number of aryl methyl sites for hydroxylation is 1. The molecule has 140 valence electrons. The number of amides is 1. The van der Waals surface area contributed by atoms with Crippen LogP contribution in [0.1, 0.15) is 49.7 Å². The summed E-state index contributed by atoms with van der Waals surface area (Å²) in [4.78, 5) is 19.4. The maximum Gasteiger partial charge on any atom is 0.311 e. The van der Waals surface area contributed by atoms with E-state index in [0.29, 0.717) is 17.9 Å². The highest BCUT2D eigenvalue weighted by Gasteiger charge is 2.32. The second kappa shape index (κ2) is 8.27. The van der Waals surface area contributed by atoms with E-state index in [1.807, 2.05) is 4.90 Å². The predicted molar refractivity (Wildman–Crippen MR) is 95.5 cm³/mol. The molecule has 0 radical (unpaired) electrons. The van der Waals surface area contributed by atoms with E-state index in [9.17, 15) is 4.79 Å². The largest absolute Gasteiger partial charge is 0.417 e. The number of hydrogen-bond donors (Lipinski definition) is 0. The van der Waals surface area contributed by atoms with Gasteiger partial charge in [-0.25, -0.2) is 0 Å². The quantitative estimate of drug-likeness (QED) is 0.803. The highest BCUT2D eigenvalue weighted by molar-refractivity contribution is 5.89. The molecular formula is C18H31N5O2. The van der Waals surface area contributed by atoms with Crippen molar-refractivity contribution < 1.29 is 9.21 Å². The van der Waals surface area contributed by atoms with E-state index in [1.54, 1.807) is 0 Å². The van der Waals surface area contributed by atoms with Gasteiger partial charge >= 0.3 is 11.8 Å². The van der Waals surface area contributed by atoms with E-state index >= 15 is 0 Å². The summed E-state index contributed by atoms with van der Waals surface area (Å²) >= 11 is 0. The molecule has 0 N–H and O–H groups in total. The molecule has 1 aromatic heterocycles. The molecule has 25 heavy (non-hydrogen) atoms. The van der Waals surface area contributed by atoms with Crippen molar-refractivity contribution in [2.24, 2.45) is 5.92 Å². The van der Waals surface area contributed by atoms with Crippen LogP contribution in [0.5, 0.6) is 0 Å². The van der Waals surface area contributed by atoms with Gasteiger partial charge in [-0.1, -0.05) is 6.92 Å². The number of hydrogen-bond acceptors (Lipinski definition) is 6. The van der Waals surface area contributed by atoms with E-state index in [4.69, 9.17) is 4.42 Å². The minimum Gasteiger partial charge on any atom is -0.417 e. The summed E-state index contributed by atoms with van der Waals surface area (Å²) in [5.41, 5.74) is 0. The molecule has 7 heteroatoms. The van der Waals surface area contributed by atoms with Crippen molar-refractivity contribution in [1.82, 2.24) is 24.9 Å². The normalized spacial score (nSPS) is 22.3. The van der Waals surface area contributed by atoms with Gasteiger partial charge in [0.25, 0.3) is 0 Å². The van der Waals surface area contributed by atoms with Crippen LogP contribution >= 0.6 is 0 Å². The Bertz CT molecular complexity index is 560. The van der Waals surface area contributed by atoms with Crippen LogP contribution in [-0.4, -0.2) is 83.2 Å². The van der Waals surface area contributed by atoms with Crippen LogP contribution in [0.4, 0.5) is 0 Å². The molecular weight excluding hydrogens is 318 g/mol. The third-order valence-corrected chi connectivity index (χ3v) is 5.74. The van der Waals surface area contributed by atoms with Gasteiger partial charge in [0.15, 0.2) is 0 Å². The summed E-state index contributed by atoms with van der Waals surface area (Å²) in [7, 11) is 2.19. The van der Waals surface area contributed by atoms with Crippen molar-refractivity contribution in [1.29, 1.82) is 0 Å². The number of aromatic nitrogens is 2. The Morgan fingerprint density at radius 2 is 1.84 bits per heavy atom. The fourth-order valence-corrected chi connectivity index (χ4v) is 3.90. The Labute approximate surface area is 150 Å². The van der Waals surface area contributed by atoms with Crippen molar-refractivity contribution >= 4 is 5.91 Å². The van der Waals surface area contributed by atoms with Gasteiger partial charge in [-0.2, -0.15) is 0 Å². The maximum absolute atomic E-state index is 12.5. The van der Waals surface area contributed by atoms with Crippen molar-refractivity contribution in [3.05, 3.63) is 11.8 Å². The first-order valence-electron chi connectivity index (χ1n) is 9.62. The van der Waals surface area contributed by atoms with Crippen LogP contribution in [0.3, 0.4) is 0 Å². The molecule has 0 aromatic carbocycles. The number of carbonyl (C=O) groups excluding carboxylic acids is 1. The summed E-state index contributed by atoms with van der Waals surface area (Å²) in [6.45, 7) is 10.6. The molecule has 0 saturated carbocycles. The molecule has 0 spiro atoms. The second-order valence-corrected chi connectivity index (χ2v) is 7.46. The van der Waals surface area contributed by atoms with Crippen LogP contribution in [0.25, 0.3) is 0 Å². The maximum atomic E-state index is 12.5. The number of likely N-dealkylation sites (N-methyl/N-ethyl adjacent to an activating group) is 1. The summed E-state index contributed by atoms with van der Waals surface area (Å²) in [6.07, 6.45) is 3.76. The van der Waals surface area contributed by atoms with Crippen LogP contribution < -0.4 is 0 Å². The lowest BCUT2D eigenvalue weighted by molar-refractivity contribution is 0.0475. The summed E-state index contributed by atoms with van der Waals surface area (Å²) < 4.78 is 5.49. The third-order valence-electron chi connectivity index (χ3n) is 5.74.